The van der Waals surface area contributed by atoms with Crippen LogP contribution in [0.5, 0.6) is 0 Å². The molecule has 0 amide bonds. The van der Waals surface area contributed by atoms with Gasteiger partial charge in [0.15, 0.2) is 0 Å². The summed E-state index contributed by atoms with van der Waals surface area (Å²) in [5.41, 5.74) is -0.978. The number of non-ortho nitro benzene ring substituents is 1. The Labute approximate surface area is 154 Å². The summed E-state index contributed by atoms with van der Waals surface area (Å²) in [7, 11) is -3.04. The smallest absolute Gasteiger partial charge is 0.258 e. The van der Waals surface area contributed by atoms with Crippen molar-refractivity contribution in [2.24, 2.45) is 0 Å². The van der Waals surface area contributed by atoms with Gasteiger partial charge in [-0.1, -0.05) is 18.2 Å². The second-order valence-electron chi connectivity index (χ2n) is 6.02. The summed E-state index contributed by atoms with van der Waals surface area (Å²) in [6, 6.07) is 7.40. The Morgan fingerprint density at radius 1 is 1.15 bits per heavy atom. The van der Waals surface area contributed by atoms with Gasteiger partial charge in [0.05, 0.1) is 15.4 Å². The molecule has 0 fully saturated rings. The van der Waals surface area contributed by atoms with Gasteiger partial charge < -0.3 is 0 Å². The fourth-order valence-corrected chi connectivity index (χ4v) is 3.93. The monoisotopic (exact) mass is 402 g/mol. The molecule has 27 heavy (non-hydrogen) atoms. The van der Waals surface area contributed by atoms with Crippen molar-refractivity contribution in [2.45, 2.75) is 31.0 Å². The van der Waals surface area contributed by atoms with E-state index in [0.29, 0.717) is 11.6 Å². The highest BCUT2D eigenvalue weighted by atomic mass is 32.2. The number of hydrogen-bond donors (Lipinski definition) is 0. The molecule has 6 nitrogen and oxygen atoms in total. The minimum Gasteiger partial charge on any atom is -0.258 e. The first-order valence-electron chi connectivity index (χ1n) is 7.76. The Kier molecular flexibility index (Phi) is 5.62. The van der Waals surface area contributed by atoms with Crippen LogP contribution in [0.25, 0.3) is 0 Å². The Bertz CT molecular complexity index is 974. The van der Waals surface area contributed by atoms with Gasteiger partial charge in [-0.15, -0.1) is 0 Å². The number of alkyl halides is 3. The molecular formula is C17H17F3N2O4S. The highest BCUT2D eigenvalue weighted by Crippen LogP contribution is 2.35. The van der Waals surface area contributed by atoms with Crippen molar-refractivity contribution in [3.8, 4) is 0 Å². The molecule has 0 aliphatic heterocycles. The van der Waals surface area contributed by atoms with Crippen molar-refractivity contribution < 1.29 is 26.5 Å². The minimum atomic E-state index is -4.68. The van der Waals surface area contributed by atoms with E-state index in [1.807, 2.05) is 0 Å². The van der Waals surface area contributed by atoms with Crippen molar-refractivity contribution in [3.05, 3.63) is 69.3 Å². The number of halogens is 3. The number of sulfonamides is 1. The van der Waals surface area contributed by atoms with Crippen LogP contribution in [0.2, 0.25) is 0 Å². The second-order valence-corrected chi connectivity index (χ2v) is 8.02. The molecule has 1 atom stereocenters. The minimum absolute atomic E-state index is 0.0872. The van der Waals surface area contributed by atoms with E-state index in [1.54, 1.807) is 0 Å². The number of benzene rings is 2. The Hall–Kier alpha value is -2.46. The van der Waals surface area contributed by atoms with E-state index in [-0.39, 0.29) is 11.3 Å². The molecule has 0 aliphatic rings. The second kappa shape index (κ2) is 7.28. The van der Waals surface area contributed by atoms with Gasteiger partial charge in [0, 0.05) is 25.2 Å². The zero-order chi connectivity index (χ0) is 20.6. The van der Waals surface area contributed by atoms with Crippen LogP contribution in [0.1, 0.15) is 29.7 Å². The van der Waals surface area contributed by atoms with Crippen molar-refractivity contribution in [1.82, 2.24) is 4.31 Å². The summed E-state index contributed by atoms with van der Waals surface area (Å²) >= 11 is 0. The van der Waals surface area contributed by atoms with Crippen LogP contribution in [0.3, 0.4) is 0 Å². The van der Waals surface area contributed by atoms with Crippen LogP contribution in [0.15, 0.2) is 47.4 Å². The summed E-state index contributed by atoms with van der Waals surface area (Å²) in [6.45, 7) is 2.74. The van der Waals surface area contributed by atoms with Crippen LogP contribution in [0, 0.1) is 17.0 Å². The molecular weight excluding hydrogens is 385 g/mol. The number of rotatable bonds is 5. The van der Waals surface area contributed by atoms with Crippen LogP contribution in [-0.2, 0) is 16.2 Å². The zero-order valence-corrected chi connectivity index (χ0v) is 15.5. The van der Waals surface area contributed by atoms with Crippen LogP contribution in [-0.4, -0.2) is 24.7 Å². The van der Waals surface area contributed by atoms with E-state index in [2.05, 4.69) is 0 Å². The molecule has 0 saturated carbocycles. The highest BCUT2D eigenvalue weighted by molar-refractivity contribution is 7.89. The van der Waals surface area contributed by atoms with Gasteiger partial charge in [-0.3, -0.25) is 10.1 Å². The summed E-state index contributed by atoms with van der Waals surface area (Å²) in [5.74, 6) is 0. The first-order chi connectivity index (χ1) is 12.4. The summed E-state index contributed by atoms with van der Waals surface area (Å²) in [4.78, 5) is 9.78. The van der Waals surface area contributed by atoms with Gasteiger partial charge in [-0.25, -0.2) is 8.42 Å². The van der Waals surface area contributed by atoms with Crippen LogP contribution < -0.4 is 0 Å². The molecule has 10 heteroatoms. The van der Waals surface area contributed by atoms with Crippen molar-refractivity contribution in [3.63, 3.8) is 0 Å². The Morgan fingerprint density at radius 2 is 1.78 bits per heavy atom. The molecule has 0 aliphatic carbocycles. The average Bonchev–Trinajstić information content (AvgIpc) is 2.59. The third-order valence-corrected chi connectivity index (χ3v) is 6.22. The van der Waals surface area contributed by atoms with Gasteiger partial charge in [0.25, 0.3) is 5.69 Å². The lowest BCUT2D eigenvalue weighted by Crippen LogP contribution is -2.30. The van der Waals surface area contributed by atoms with Crippen molar-refractivity contribution in [1.29, 1.82) is 0 Å². The third kappa shape index (κ3) is 4.28. The van der Waals surface area contributed by atoms with E-state index in [0.717, 1.165) is 16.4 Å². The number of hydrogen-bond acceptors (Lipinski definition) is 4. The summed E-state index contributed by atoms with van der Waals surface area (Å²) in [6.07, 6.45) is -4.68. The number of nitro benzene ring substituents is 1. The Morgan fingerprint density at radius 3 is 2.33 bits per heavy atom. The summed E-state index contributed by atoms with van der Waals surface area (Å²) in [5, 5.41) is 10.9. The fraction of sp³-hybridized carbons (Fsp3) is 0.294. The normalized spacial score (nSPS) is 13.6. The van der Waals surface area contributed by atoms with E-state index in [4.69, 9.17) is 0 Å². The molecule has 0 bridgehead atoms. The molecule has 2 aromatic carbocycles. The van der Waals surface area contributed by atoms with Gasteiger partial charge in [-0.2, -0.15) is 17.5 Å². The number of nitro groups is 1. The maximum Gasteiger partial charge on any atom is 0.416 e. The molecule has 2 aromatic rings. The molecule has 146 valence electrons. The molecule has 0 saturated heterocycles. The van der Waals surface area contributed by atoms with Gasteiger partial charge >= 0.3 is 6.18 Å². The first kappa shape index (κ1) is 20.8. The fourth-order valence-electron chi connectivity index (χ4n) is 2.55. The van der Waals surface area contributed by atoms with Crippen LogP contribution >= 0.6 is 0 Å². The lowest BCUT2D eigenvalue weighted by atomic mass is 10.1. The lowest BCUT2D eigenvalue weighted by Gasteiger charge is -2.25. The van der Waals surface area contributed by atoms with E-state index < -0.39 is 37.6 Å². The molecule has 0 radical (unpaired) electrons. The summed E-state index contributed by atoms with van der Waals surface area (Å²) < 4.78 is 65.7. The van der Waals surface area contributed by atoms with Gasteiger partial charge in [0.1, 0.15) is 0 Å². The van der Waals surface area contributed by atoms with Crippen LogP contribution in [0.4, 0.5) is 18.9 Å². The lowest BCUT2D eigenvalue weighted by molar-refractivity contribution is -0.384. The quantitative estimate of drug-likeness (QED) is 0.552. The first-order valence-corrected chi connectivity index (χ1v) is 9.20. The predicted octanol–water partition coefficient (Wildman–Crippen LogP) is 4.30. The Balaban J connectivity index is 2.44. The van der Waals surface area contributed by atoms with Crippen molar-refractivity contribution in [2.75, 3.05) is 7.05 Å². The highest BCUT2D eigenvalue weighted by Gasteiger charge is 2.35. The molecule has 0 N–H and O–H groups in total. The van der Waals surface area contributed by atoms with Crippen molar-refractivity contribution >= 4 is 15.7 Å². The molecule has 1 unspecified atom stereocenters. The maximum absolute atomic E-state index is 13.1. The maximum atomic E-state index is 13.1. The topological polar surface area (TPSA) is 80.5 Å². The van der Waals surface area contributed by atoms with Gasteiger partial charge in [-0.05, 0) is 37.1 Å². The number of aryl methyl sites for hydroxylation is 1. The SMILES string of the molecule is Cc1ccc(S(=O)(=O)N(C)C(C)c2cccc([N+](=O)[O-])c2)cc1C(F)(F)F. The molecule has 0 spiro atoms. The van der Waals surface area contributed by atoms with E-state index in [9.17, 15) is 31.7 Å². The molecule has 0 aromatic heterocycles. The standard InChI is InChI=1S/C17H17F3N2O4S/c1-11-7-8-15(10-16(11)17(18,19)20)27(25,26)21(3)12(2)13-5-4-6-14(9-13)22(23)24/h4-10,12H,1-3H3. The largest absolute Gasteiger partial charge is 0.416 e. The molecule has 2 rings (SSSR count). The van der Waals surface area contributed by atoms with E-state index in [1.165, 1.54) is 45.2 Å². The number of nitrogens with zero attached hydrogens (tertiary/aromatic N) is 2. The van der Waals surface area contributed by atoms with E-state index >= 15 is 0 Å². The van der Waals surface area contributed by atoms with Gasteiger partial charge in [0.2, 0.25) is 10.0 Å². The third-order valence-electron chi connectivity index (χ3n) is 4.30. The average molecular weight is 402 g/mol. The predicted molar refractivity (Wildman–Crippen MR) is 92.6 cm³/mol. The zero-order valence-electron chi connectivity index (χ0n) is 14.7. The molecule has 0 heterocycles.